The molecule has 5 aromatic rings. The highest BCUT2D eigenvalue weighted by molar-refractivity contribution is 6.31. The number of anilines is 1. The van der Waals surface area contributed by atoms with Crippen molar-refractivity contribution in [1.82, 2.24) is 19.2 Å². The molecule has 0 aliphatic carbocycles. The number of carbonyl (C=O) groups excluding carboxylic acids is 1. The topological polar surface area (TPSA) is 55.1 Å². The van der Waals surface area contributed by atoms with Crippen LogP contribution in [0.4, 0.5) is 14.9 Å². The highest BCUT2D eigenvalue weighted by atomic mass is 35.5. The summed E-state index contributed by atoms with van der Waals surface area (Å²) in [6.07, 6.45) is 1.98. The van der Waals surface area contributed by atoms with E-state index in [0.717, 1.165) is 39.6 Å². The minimum absolute atomic E-state index is 0.295. The van der Waals surface area contributed by atoms with Crippen molar-refractivity contribution in [2.75, 3.05) is 5.32 Å². The van der Waals surface area contributed by atoms with Gasteiger partial charge in [-0.05, 0) is 73.5 Å². The third-order valence-electron chi connectivity index (χ3n) is 6.96. The van der Waals surface area contributed by atoms with Crippen molar-refractivity contribution in [2.45, 2.75) is 26.4 Å². The van der Waals surface area contributed by atoms with E-state index in [1.54, 1.807) is 23.1 Å². The second kappa shape index (κ2) is 9.50. The maximum Gasteiger partial charge on any atom is 0.322 e. The second-order valence-electron chi connectivity index (χ2n) is 9.41. The van der Waals surface area contributed by atoms with E-state index in [1.807, 2.05) is 79.3 Å². The molecule has 8 heteroatoms. The lowest BCUT2D eigenvalue weighted by molar-refractivity contribution is 0.194. The SMILES string of the molecule is Cc1ccc(NC(=O)N2Cc3c(C)nn(-c4ccccc4)c3-n3cccc3C2c2ccc(F)cc2)cc1Cl. The summed E-state index contributed by atoms with van der Waals surface area (Å²) in [5, 5.41) is 8.46. The molecule has 1 unspecified atom stereocenters. The molecule has 0 spiro atoms. The second-order valence-corrected chi connectivity index (χ2v) is 9.82. The van der Waals surface area contributed by atoms with Gasteiger partial charge in [0.25, 0.3) is 0 Å². The molecule has 2 amide bonds. The third-order valence-corrected chi connectivity index (χ3v) is 7.36. The minimum atomic E-state index is -0.484. The van der Waals surface area contributed by atoms with Gasteiger partial charge in [-0.1, -0.05) is 48.0 Å². The highest BCUT2D eigenvalue weighted by Gasteiger charge is 2.36. The van der Waals surface area contributed by atoms with E-state index in [1.165, 1.54) is 12.1 Å². The summed E-state index contributed by atoms with van der Waals surface area (Å²) in [7, 11) is 0. The van der Waals surface area contributed by atoms with Gasteiger partial charge in [0.05, 0.1) is 29.7 Å². The number of aryl methyl sites for hydroxylation is 2. The Kier molecular flexibility index (Phi) is 6.00. The molecule has 1 N–H and O–H groups in total. The first-order valence-electron chi connectivity index (χ1n) is 12.3. The Labute approximate surface area is 224 Å². The first-order chi connectivity index (χ1) is 18.4. The summed E-state index contributed by atoms with van der Waals surface area (Å²) in [5.41, 5.74) is 5.85. The predicted molar refractivity (Wildman–Crippen MR) is 147 cm³/mol. The normalized spacial score (nSPS) is 14.5. The molecular formula is C30H25ClFN5O. The van der Waals surface area contributed by atoms with Gasteiger partial charge in [0.2, 0.25) is 0 Å². The first kappa shape index (κ1) is 24.0. The summed E-state index contributed by atoms with van der Waals surface area (Å²) in [4.78, 5) is 15.7. The monoisotopic (exact) mass is 525 g/mol. The zero-order valence-corrected chi connectivity index (χ0v) is 21.7. The van der Waals surface area contributed by atoms with E-state index in [-0.39, 0.29) is 11.8 Å². The van der Waals surface area contributed by atoms with Crippen LogP contribution in [0.15, 0.2) is 91.1 Å². The van der Waals surface area contributed by atoms with Gasteiger partial charge in [0, 0.05) is 22.5 Å². The largest absolute Gasteiger partial charge is 0.322 e. The van der Waals surface area contributed by atoms with E-state index >= 15 is 0 Å². The molecule has 0 saturated carbocycles. The Balaban J connectivity index is 1.52. The van der Waals surface area contributed by atoms with Crippen LogP contribution in [0.3, 0.4) is 0 Å². The molecule has 3 aromatic carbocycles. The van der Waals surface area contributed by atoms with Crippen molar-refractivity contribution in [3.05, 3.63) is 130 Å². The number of carbonyl (C=O) groups is 1. The van der Waals surface area contributed by atoms with Crippen molar-refractivity contribution in [1.29, 1.82) is 0 Å². The number of amides is 2. The summed E-state index contributed by atoms with van der Waals surface area (Å²) < 4.78 is 17.9. The molecule has 1 atom stereocenters. The number of benzene rings is 3. The fourth-order valence-corrected chi connectivity index (χ4v) is 5.19. The average molecular weight is 526 g/mol. The van der Waals surface area contributed by atoms with Crippen LogP contribution in [0.5, 0.6) is 0 Å². The van der Waals surface area contributed by atoms with Crippen molar-refractivity contribution in [3.63, 3.8) is 0 Å². The van der Waals surface area contributed by atoms with Crippen LogP contribution in [0, 0.1) is 19.7 Å². The molecule has 2 aromatic heterocycles. The molecule has 6 nitrogen and oxygen atoms in total. The number of hydrogen-bond acceptors (Lipinski definition) is 2. The average Bonchev–Trinajstić information content (AvgIpc) is 3.48. The van der Waals surface area contributed by atoms with Crippen LogP contribution >= 0.6 is 11.6 Å². The molecule has 38 heavy (non-hydrogen) atoms. The zero-order chi connectivity index (χ0) is 26.4. The summed E-state index contributed by atoms with van der Waals surface area (Å²) in [5.74, 6) is 0.538. The molecule has 0 saturated heterocycles. The minimum Gasteiger partial charge on any atom is -0.308 e. The van der Waals surface area contributed by atoms with Gasteiger partial charge >= 0.3 is 6.03 Å². The van der Waals surface area contributed by atoms with Gasteiger partial charge in [-0.2, -0.15) is 5.10 Å². The Hall–Kier alpha value is -4.36. The molecule has 1 aliphatic rings. The molecule has 3 heterocycles. The number of fused-ring (bicyclic) bond motifs is 3. The summed E-state index contributed by atoms with van der Waals surface area (Å²) >= 11 is 6.33. The Bertz CT molecular complexity index is 1640. The standard InChI is InChI=1S/C30H25ClFN5O/c1-19-10-15-23(17-26(19)31)33-30(38)36-18-25-20(2)34-37(24-7-4-3-5-8-24)29(25)35-16-6-9-27(35)28(36)21-11-13-22(32)14-12-21/h3-17,28H,18H2,1-2H3,(H,33,38). The summed E-state index contributed by atoms with van der Waals surface area (Å²) in [6.45, 7) is 4.16. The lowest BCUT2D eigenvalue weighted by atomic mass is 10.0. The molecular weight excluding hydrogens is 501 g/mol. The number of nitrogens with one attached hydrogen (secondary N) is 1. The first-order valence-corrected chi connectivity index (χ1v) is 12.7. The quantitative estimate of drug-likeness (QED) is 0.270. The van der Waals surface area contributed by atoms with E-state index in [4.69, 9.17) is 16.7 Å². The Morgan fingerprint density at radius 3 is 2.50 bits per heavy atom. The number of hydrogen-bond donors (Lipinski definition) is 1. The molecule has 0 radical (unpaired) electrons. The van der Waals surface area contributed by atoms with E-state index < -0.39 is 6.04 Å². The van der Waals surface area contributed by atoms with E-state index in [0.29, 0.717) is 17.3 Å². The molecule has 6 rings (SSSR count). The van der Waals surface area contributed by atoms with Crippen LogP contribution < -0.4 is 5.32 Å². The molecule has 190 valence electrons. The van der Waals surface area contributed by atoms with Crippen LogP contribution in [0.1, 0.15) is 34.1 Å². The van der Waals surface area contributed by atoms with Gasteiger partial charge in [0.1, 0.15) is 11.6 Å². The predicted octanol–water partition coefficient (Wildman–Crippen LogP) is 7.21. The Morgan fingerprint density at radius 2 is 1.76 bits per heavy atom. The van der Waals surface area contributed by atoms with Crippen LogP contribution in [-0.2, 0) is 6.54 Å². The lowest BCUT2D eigenvalue weighted by Gasteiger charge is -2.31. The van der Waals surface area contributed by atoms with Gasteiger partial charge < -0.3 is 14.8 Å². The van der Waals surface area contributed by atoms with Gasteiger partial charge in [-0.3, -0.25) is 0 Å². The number of halogens is 2. The van der Waals surface area contributed by atoms with Crippen molar-refractivity contribution < 1.29 is 9.18 Å². The molecule has 1 aliphatic heterocycles. The number of rotatable bonds is 3. The lowest BCUT2D eigenvalue weighted by Crippen LogP contribution is -2.38. The fraction of sp³-hybridized carbons (Fsp3) is 0.133. The molecule has 0 fully saturated rings. The Morgan fingerprint density at radius 1 is 1.00 bits per heavy atom. The third kappa shape index (κ3) is 4.15. The number of aromatic nitrogens is 3. The summed E-state index contributed by atoms with van der Waals surface area (Å²) in [6, 6.07) is 24.8. The van der Waals surface area contributed by atoms with Gasteiger partial charge in [-0.15, -0.1) is 0 Å². The highest BCUT2D eigenvalue weighted by Crippen LogP contribution is 2.39. The van der Waals surface area contributed by atoms with Crippen LogP contribution in [-0.4, -0.2) is 25.3 Å². The smallest absolute Gasteiger partial charge is 0.308 e. The van der Waals surface area contributed by atoms with Crippen molar-refractivity contribution in [2.24, 2.45) is 0 Å². The van der Waals surface area contributed by atoms with Crippen molar-refractivity contribution in [3.8, 4) is 11.5 Å². The number of nitrogens with zero attached hydrogens (tertiary/aromatic N) is 4. The van der Waals surface area contributed by atoms with Crippen molar-refractivity contribution >= 4 is 23.3 Å². The van der Waals surface area contributed by atoms with E-state index in [9.17, 15) is 9.18 Å². The number of para-hydroxylation sites is 1. The molecule has 0 bridgehead atoms. The number of urea groups is 1. The fourth-order valence-electron chi connectivity index (χ4n) is 5.01. The maximum atomic E-state index is 14.0. The van der Waals surface area contributed by atoms with Gasteiger partial charge in [0.15, 0.2) is 0 Å². The van der Waals surface area contributed by atoms with Crippen LogP contribution in [0.25, 0.3) is 11.5 Å². The van der Waals surface area contributed by atoms with Gasteiger partial charge in [-0.25, -0.2) is 13.9 Å². The van der Waals surface area contributed by atoms with Crippen LogP contribution in [0.2, 0.25) is 5.02 Å². The zero-order valence-electron chi connectivity index (χ0n) is 20.9. The van der Waals surface area contributed by atoms with E-state index in [2.05, 4.69) is 9.88 Å². The maximum absolute atomic E-state index is 14.0.